The molecule has 0 saturated carbocycles. The Morgan fingerprint density at radius 3 is 2.29 bits per heavy atom. The van der Waals surface area contributed by atoms with Crippen LogP contribution in [0.1, 0.15) is 40.1 Å². The number of rotatable bonds is 5. The van der Waals surface area contributed by atoms with E-state index in [1.807, 2.05) is 13.0 Å². The molecule has 0 unspecified atom stereocenters. The van der Waals surface area contributed by atoms with Crippen LogP contribution in [-0.4, -0.2) is 25.1 Å². The summed E-state index contributed by atoms with van der Waals surface area (Å²) in [6.07, 6.45) is -0.175. The topological polar surface area (TPSA) is 64.6 Å². The van der Waals surface area contributed by atoms with Crippen molar-refractivity contribution in [3.05, 3.63) is 59.2 Å². The highest BCUT2D eigenvalue weighted by Gasteiger charge is 2.14. The Morgan fingerprint density at radius 1 is 1.04 bits per heavy atom. The molecule has 0 aliphatic heterocycles. The summed E-state index contributed by atoms with van der Waals surface area (Å²) in [7, 11) is 1.54. The summed E-state index contributed by atoms with van der Waals surface area (Å²) >= 11 is 0. The molecular formula is C19H21NO4. The van der Waals surface area contributed by atoms with E-state index in [2.05, 4.69) is 5.32 Å². The third-order valence-corrected chi connectivity index (χ3v) is 3.38. The molecule has 0 saturated heterocycles. The van der Waals surface area contributed by atoms with Gasteiger partial charge in [0.25, 0.3) is 5.91 Å². The lowest BCUT2D eigenvalue weighted by Crippen LogP contribution is -2.14. The summed E-state index contributed by atoms with van der Waals surface area (Å²) in [4.78, 5) is 24.2. The number of carbonyl (C=O) groups is 2. The summed E-state index contributed by atoms with van der Waals surface area (Å²) in [5, 5.41) is 2.80. The quantitative estimate of drug-likeness (QED) is 0.848. The molecule has 2 aromatic rings. The number of methoxy groups -OCH3 is 1. The lowest BCUT2D eigenvalue weighted by molar-refractivity contribution is 0.0378. The van der Waals surface area contributed by atoms with Crippen LogP contribution in [0.3, 0.4) is 0 Å². The lowest BCUT2D eigenvalue weighted by atomic mass is 10.1. The molecule has 126 valence electrons. The van der Waals surface area contributed by atoms with Gasteiger partial charge < -0.3 is 14.8 Å². The maximum Gasteiger partial charge on any atom is 0.338 e. The zero-order valence-corrected chi connectivity index (χ0v) is 14.3. The first kappa shape index (κ1) is 17.5. The third kappa shape index (κ3) is 4.13. The molecule has 0 spiro atoms. The molecule has 2 aromatic carbocycles. The second kappa shape index (κ2) is 7.64. The van der Waals surface area contributed by atoms with Gasteiger partial charge in [-0.05, 0) is 56.7 Å². The van der Waals surface area contributed by atoms with Gasteiger partial charge in [-0.3, -0.25) is 4.79 Å². The van der Waals surface area contributed by atoms with Crippen molar-refractivity contribution < 1.29 is 19.1 Å². The molecule has 0 atom stereocenters. The minimum atomic E-state index is -0.386. The van der Waals surface area contributed by atoms with Crippen molar-refractivity contribution in [2.45, 2.75) is 26.9 Å². The third-order valence-electron chi connectivity index (χ3n) is 3.38. The van der Waals surface area contributed by atoms with E-state index < -0.39 is 0 Å². The fourth-order valence-electron chi connectivity index (χ4n) is 2.27. The van der Waals surface area contributed by atoms with Crippen molar-refractivity contribution in [2.75, 3.05) is 12.4 Å². The van der Waals surface area contributed by atoms with Gasteiger partial charge in [-0.2, -0.15) is 0 Å². The van der Waals surface area contributed by atoms with E-state index in [0.29, 0.717) is 22.6 Å². The Morgan fingerprint density at radius 2 is 1.71 bits per heavy atom. The first-order valence-corrected chi connectivity index (χ1v) is 7.68. The van der Waals surface area contributed by atoms with Gasteiger partial charge in [0.2, 0.25) is 0 Å². The van der Waals surface area contributed by atoms with E-state index in [0.717, 1.165) is 5.56 Å². The number of amides is 1. The molecule has 5 heteroatoms. The van der Waals surface area contributed by atoms with Crippen LogP contribution in [0.4, 0.5) is 5.69 Å². The Hall–Kier alpha value is -2.82. The first-order valence-electron chi connectivity index (χ1n) is 7.68. The summed E-state index contributed by atoms with van der Waals surface area (Å²) in [6.45, 7) is 5.47. The van der Waals surface area contributed by atoms with Crippen molar-refractivity contribution in [3.8, 4) is 5.75 Å². The number of benzene rings is 2. The van der Waals surface area contributed by atoms with Gasteiger partial charge in [0.05, 0.1) is 24.3 Å². The SMILES string of the molecule is COc1c(C)cccc1C(=O)Nc1ccc(C(=O)OC(C)C)cc1. The van der Waals surface area contributed by atoms with Gasteiger partial charge in [0, 0.05) is 5.69 Å². The molecule has 0 bridgehead atoms. The van der Waals surface area contributed by atoms with Gasteiger partial charge in [-0.25, -0.2) is 4.79 Å². The Bertz CT molecular complexity index is 736. The molecule has 0 aromatic heterocycles. The highest BCUT2D eigenvalue weighted by atomic mass is 16.5. The molecule has 24 heavy (non-hydrogen) atoms. The second-order valence-electron chi connectivity index (χ2n) is 5.64. The largest absolute Gasteiger partial charge is 0.496 e. The highest BCUT2D eigenvalue weighted by molar-refractivity contribution is 6.06. The molecular weight excluding hydrogens is 306 g/mol. The molecule has 0 fully saturated rings. The Kier molecular flexibility index (Phi) is 5.58. The zero-order valence-electron chi connectivity index (χ0n) is 14.3. The molecule has 0 aliphatic carbocycles. The van der Waals surface area contributed by atoms with E-state index in [9.17, 15) is 9.59 Å². The fourth-order valence-corrected chi connectivity index (χ4v) is 2.27. The number of esters is 1. The number of hydrogen-bond donors (Lipinski definition) is 1. The predicted octanol–water partition coefficient (Wildman–Crippen LogP) is 3.82. The Balaban J connectivity index is 2.13. The van der Waals surface area contributed by atoms with Crippen LogP contribution in [0.5, 0.6) is 5.75 Å². The molecule has 0 aliphatic rings. The number of nitrogens with one attached hydrogen (secondary N) is 1. The van der Waals surface area contributed by atoms with E-state index >= 15 is 0 Å². The summed E-state index contributed by atoms with van der Waals surface area (Å²) in [6, 6.07) is 12.0. The number of anilines is 1. The molecule has 0 heterocycles. The van der Waals surface area contributed by atoms with Crippen LogP contribution >= 0.6 is 0 Å². The van der Waals surface area contributed by atoms with Gasteiger partial charge in [0.15, 0.2) is 0 Å². The van der Waals surface area contributed by atoms with E-state index in [1.165, 1.54) is 7.11 Å². The van der Waals surface area contributed by atoms with Crippen LogP contribution in [0.15, 0.2) is 42.5 Å². The van der Waals surface area contributed by atoms with Gasteiger partial charge in [-0.15, -0.1) is 0 Å². The van der Waals surface area contributed by atoms with Gasteiger partial charge in [-0.1, -0.05) is 12.1 Å². The number of ether oxygens (including phenoxy) is 2. The standard InChI is InChI=1S/C19H21NO4/c1-12(2)24-19(22)14-8-10-15(11-9-14)20-18(21)16-7-5-6-13(3)17(16)23-4/h5-12H,1-4H3,(H,20,21). The molecule has 0 radical (unpaired) electrons. The maximum atomic E-state index is 12.4. The van der Waals surface area contributed by atoms with Crippen molar-refractivity contribution in [2.24, 2.45) is 0 Å². The van der Waals surface area contributed by atoms with Crippen LogP contribution in [-0.2, 0) is 4.74 Å². The second-order valence-corrected chi connectivity index (χ2v) is 5.64. The average Bonchev–Trinajstić information content (AvgIpc) is 2.54. The van der Waals surface area contributed by atoms with E-state index in [-0.39, 0.29) is 18.0 Å². The normalized spacial score (nSPS) is 10.4. The molecule has 2 rings (SSSR count). The maximum absolute atomic E-state index is 12.4. The Labute approximate surface area is 141 Å². The zero-order chi connectivity index (χ0) is 17.7. The monoisotopic (exact) mass is 327 g/mol. The minimum absolute atomic E-state index is 0.175. The van der Waals surface area contributed by atoms with Crippen molar-refractivity contribution in [3.63, 3.8) is 0 Å². The van der Waals surface area contributed by atoms with Crippen molar-refractivity contribution in [1.82, 2.24) is 0 Å². The predicted molar refractivity (Wildman–Crippen MR) is 92.7 cm³/mol. The van der Waals surface area contributed by atoms with Gasteiger partial charge >= 0.3 is 5.97 Å². The molecule has 5 nitrogen and oxygen atoms in total. The minimum Gasteiger partial charge on any atom is -0.496 e. The molecule has 1 N–H and O–H groups in total. The summed E-state index contributed by atoms with van der Waals surface area (Å²) in [5.74, 6) is -0.108. The summed E-state index contributed by atoms with van der Waals surface area (Å²) in [5.41, 5.74) is 2.37. The first-order chi connectivity index (χ1) is 11.4. The van der Waals surface area contributed by atoms with Gasteiger partial charge in [0.1, 0.15) is 5.75 Å². The molecule has 1 amide bonds. The van der Waals surface area contributed by atoms with E-state index in [1.54, 1.807) is 50.2 Å². The fraction of sp³-hybridized carbons (Fsp3) is 0.263. The van der Waals surface area contributed by atoms with E-state index in [4.69, 9.17) is 9.47 Å². The summed E-state index contributed by atoms with van der Waals surface area (Å²) < 4.78 is 10.4. The van der Waals surface area contributed by atoms with Crippen LogP contribution < -0.4 is 10.1 Å². The average molecular weight is 327 g/mol. The van der Waals surface area contributed by atoms with Crippen molar-refractivity contribution >= 4 is 17.6 Å². The van der Waals surface area contributed by atoms with Crippen molar-refractivity contribution in [1.29, 1.82) is 0 Å². The van der Waals surface area contributed by atoms with Crippen LogP contribution in [0, 0.1) is 6.92 Å². The number of para-hydroxylation sites is 1. The lowest BCUT2D eigenvalue weighted by Gasteiger charge is -2.12. The number of aryl methyl sites for hydroxylation is 1. The number of carbonyl (C=O) groups excluding carboxylic acids is 2. The number of hydrogen-bond acceptors (Lipinski definition) is 4. The van der Waals surface area contributed by atoms with Crippen LogP contribution in [0.2, 0.25) is 0 Å². The smallest absolute Gasteiger partial charge is 0.338 e. The van der Waals surface area contributed by atoms with Crippen LogP contribution in [0.25, 0.3) is 0 Å². The highest BCUT2D eigenvalue weighted by Crippen LogP contribution is 2.24.